The summed E-state index contributed by atoms with van der Waals surface area (Å²) in [6.07, 6.45) is 1.85. The van der Waals surface area contributed by atoms with Crippen LogP contribution in [-0.2, 0) is 19.1 Å². The van der Waals surface area contributed by atoms with Crippen LogP contribution >= 0.6 is 0 Å². The number of benzene rings is 4. The summed E-state index contributed by atoms with van der Waals surface area (Å²) in [6.45, 7) is 1.85. The second-order valence-corrected chi connectivity index (χ2v) is 12.8. The summed E-state index contributed by atoms with van der Waals surface area (Å²) in [6, 6.07) is 29.5. The molecule has 0 saturated carbocycles. The molecule has 8 rings (SSSR count). The van der Waals surface area contributed by atoms with Crippen LogP contribution in [0.25, 0.3) is 0 Å². The Kier molecular flexibility index (Phi) is 8.48. The fourth-order valence-corrected chi connectivity index (χ4v) is 7.54. The Bertz CT molecular complexity index is 1800. The van der Waals surface area contributed by atoms with E-state index in [1.807, 2.05) is 43.3 Å². The Morgan fingerprint density at radius 2 is 1.17 bits per heavy atom. The maximum atomic E-state index is 13.7. The molecule has 2 amide bonds. The number of ketones is 1. The number of ether oxygens (including phenoxy) is 2. The quantitative estimate of drug-likeness (QED) is 0.0614. The first-order chi connectivity index (χ1) is 23.3. The van der Waals surface area contributed by atoms with Crippen LogP contribution in [-0.4, -0.2) is 47.6 Å². The van der Waals surface area contributed by atoms with Gasteiger partial charge in [-0.3, -0.25) is 24.1 Å². The van der Waals surface area contributed by atoms with Crippen LogP contribution in [0, 0.1) is 18.8 Å². The summed E-state index contributed by atoms with van der Waals surface area (Å²) in [4.78, 5) is 66.1. The molecule has 2 atom stereocenters. The van der Waals surface area contributed by atoms with E-state index in [0.29, 0.717) is 42.7 Å². The Hall–Kier alpha value is -5.37. The standard InChI is InChI=1S/C40H35NO7/c1-24-14-16-26(17-15-24)40(46)48-27-20-18-25(19-21-27)32(42)23-47-33(43)13-3-2-8-22-41-38(44)36-34-28-9-4-5-10-29(28)35(37(36)39(41)45)31-12-7-6-11-30(31)34/h4-7,9-12,14-21,34-37H,2-3,8,13,22-23H2,1H3/t34?,35?,36-,37-/m1/s1. The molecule has 1 saturated heterocycles. The van der Waals surface area contributed by atoms with Crippen molar-refractivity contribution in [3.8, 4) is 5.75 Å². The molecule has 8 nitrogen and oxygen atoms in total. The molecule has 4 aliphatic rings. The second-order valence-electron chi connectivity index (χ2n) is 12.8. The van der Waals surface area contributed by atoms with Gasteiger partial charge in [0.1, 0.15) is 5.75 Å². The van der Waals surface area contributed by atoms with Gasteiger partial charge in [-0.2, -0.15) is 0 Å². The first-order valence-corrected chi connectivity index (χ1v) is 16.4. The van der Waals surface area contributed by atoms with Crippen molar-refractivity contribution in [2.24, 2.45) is 11.8 Å². The number of imide groups is 1. The molecule has 4 aromatic carbocycles. The predicted molar refractivity (Wildman–Crippen MR) is 177 cm³/mol. The number of hydrogen-bond acceptors (Lipinski definition) is 7. The lowest BCUT2D eigenvalue weighted by atomic mass is 9.55. The average Bonchev–Trinajstić information content (AvgIpc) is 3.36. The molecule has 1 fully saturated rings. The number of nitrogens with zero attached hydrogens (tertiary/aromatic N) is 1. The van der Waals surface area contributed by atoms with E-state index in [-0.39, 0.29) is 47.7 Å². The number of carbonyl (C=O) groups excluding carboxylic acids is 5. The topological polar surface area (TPSA) is 107 Å². The SMILES string of the molecule is Cc1ccc(C(=O)Oc2ccc(C(=O)COC(=O)CCCCCN3C(=O)[C@@H]4C5c6ccccc6C(c6ccccc65)[C@H]4C3=O)cc2)cc1. The zero-order valence-corrected chi connectivity index (χ0v) is 26.6. The van der Waals surface area contributed by atoms with Crippen molar-refractivity contribution in [3.63, 3.8) is 0 Å². The monoisotopic (exact) mass is 641 g/mol. The highest BCUT2D eigenvalue weighted by molar-refractivity contribution is 6.07. The number of Topliss-reactive ketones (excluding diaryl/α,β-unsaturated/α-hetero) is 1. The molecule has 1 heterocycles. The fraction of sp³-hybridized carbons (Fsp3) is 0.275. The lowest BCUT2D eigenvalue weighted by Gasteiger charge is -2.45. The molecule has 48 heavy (non-hydrogen) atoms. The van der Waals surface area contributed by atoms with Crippen LogP contribution in [0.5, 0.6) is 5.75 Å². The zero-order valence-electron chi connectivity index (χ0n) is 26.6. The van der Waals surface area contributed by atoms with Gasteiger partial charge in [0.25, 0.3) is 0 Å². The summed E-state index contributed by atoms with van der Waals surface area (Å²) in [5.41, 5.74) is 6.40. The number of likely N-dealkylation sites (tertiary alicyclic amines) is 1. The van der Waals surface area contributed by atoms with Gasteiger partial charge in [0.2, 0.25) is 11.8 Å². The lowest BCUT2D eigenvalue weighted by molar-refractivity contribution is -0.143. The van der Waals surface area contributed by atoms with Crippen LogP contribution in [0.4, 0.5) is 0 Å². The number of esters is 2. The predicted octanol–water partition coefficient (Wildman–Crippen LogP) is 6.39. The molecule has 8 heteroatoms. The van der Waals surface area contributed by atoms with Gasteiger partial charge in [-0.05, 0) is 78.4 Å². The molecule has 0 unspecified atom stereocenters. The maximum absolute atomic E-state index is 13.7. The Balaban J connectivity index is 0.859. The number of carbonyl (C=O) groups is 5. The molecule has 0 aromatic heterocycles. The second kappa shape index (κ2) is 13.0. The van der Waals surface area contributed by atoms with Gasteiger partial charge in [-0.15, -0.1) is 0 Å². The third-order valence-corrected chi connectivity index (χ3v) is 9.84. The summed E-state index contributed by atoms with van der Waals surface area (Å²) in [5.74, 6) is -2.26. The maximum Gasteiger partial charge on any atom is 0.343 e. The number of aryl methyl sites for hydroxylation is 1. The third kappa shape index (κ3) is 5.72. The Morgan fingerprint density at radius 3 is 1.71 bits per heavy atom. The van der Waals surface area contributed by atoms with E-state index in [4.69, 9.17) is 9.47 Å². The Labute approximate surface area is 278 Å². The minimum atomic E-state index is -0.497. The van der Waals surface area contributed by atoms with Crippen molar-refractivity contribution < 1.29 is 33.4 Å². The van der Waals surface area contributed by atoms with Crippen molar-refractivity contribution in [1.82, 2.24) is 4.90 Å². The molecule has 0 radical (unpaired) electrons. The number of unbranched alkanes of at least 4 members (excludes halogenated alkanes) is 2. The van der Waals surface area contributed by atoms with E-state index in [2.05, 4.69) is 24.3 Å². The molecule has 4 aromatic rings. The molecular formula is C40H35NO7. The Morgan fingerprint density at radius 1 is 0.646 bits per heavy atom. The first-order valence-electron chi connectivity index (χ1n) is 16.4. The summed E-state index contributed by atoms with van der Waals surface area (Å²) in [5, 5.41) is 0. The van der Waals surface area contributed by atoms with Crippen molar-refractivity contribution in [1.29, 1.82) is 0 Å². The van der Waals surface area contributed by atoms with Gasteiger partial charge in [0, 0.05) is 30.4 Å². The average molecular weight is 642 g/mol. The molecule has 242 valence electrons. The van der Waals surface area contributed by atoms with Gasteiger partial charge in [-0.1, -0.05) is 72.6 Å². The molecular weight excluding hydrogens is 606 g/mol. The van der Waals surface area contributed by atoms with Crippen molar-refractivity contribution in [3.05, 3.63) is 136 Å². The van der Waals surface area contributed by atoms with Crippen molar-refractivity contribution in [2.75, 3.05) is 13.2 Å². The van der Waals surface area contributed by atoms with Gasteiger partial charge in [0.05, 0.1) is 17.4 Å². The zero-order chi connectivity index (χ0) is 33.4. The van der Waals surface area contributed by atoms with Crippen LogP contribution in [0.1, 0.15) is 86.1 Å². The van der Waals surface area contributed by atoms with E-state index in [9.17, 15) is 24.0 Å². The first kappa shape index (κ1) is 31.2. The van der Waals surface area contributed by atoms with Gasteiger partial charge >= 0.3 is 11.9 Å². The normalized spacial score (nSPS) is 20.1. The molecule has 0 spiro atoms. The van der Waals surface area contributed by atoms with Crippen LogP contribution in [0.15, 0.2) is 97.1 Å². The van der Waals surface area contributed by atoms with Crippen molar-refractivity contribution >= 4 is 29.5 Å². The van der Waals surface area contributed by atoms with E-state index in [1.54, 1.807) is 12.1 Å². The molecule has 3 aliphatic carbocycles. The number of amides is 2. The summed E-state index contributed by atoms with van der Waals surface area (Å²) < 4.78 is 10.6. The highest BCUT2D eigenvalue weighted by Gasteiger charge is 2.61. The summed E-state index contributed by atoms with van der Waals surface area (Å²) in [7, 11) is 0. The van der Waals surface area contributed by atoms with E-state index >= 15 is 0 Å². The minimum Gasteiger partial charge on any atom is -0.457 e. The van der Waals surface area contributed by atoms with E-state index in [1.165, 1.54) is 29.2 Å². The van der Waals surface area contributed by atoms with E-state index < -0.39 is 18.5 Å². The van der Waals surface area contributed by atoms with Crippen LogP contribution in [0.2, 0.25) is 0 Å². The molecule has 2 bridgehead atoms. The third-order valence-electron chi connectivity index (χ3n) is 9.84. The largest absolute Gasteiger partial charge is 0.457 e. The summed E-state index contributed by atoms with van der Waals surface area (Å²) >= 11 is 0. The van der Waals surface area contributed by atoms with Crippen LogP contribution < -0.4 is 4.74 Å². The fourth-order valence-electron chi connectivity index (χ4n) is 7.54. The molecule has 1 aliphatic heterocycles. The highest BCUT2D eigenvalue weighted by atomic mass is 16.5. The van der Waals surface area contributed by atoms with Gasteiger partial charge in [0.15, 0.2) is 12.4 Å². The van der Waals surface area contributed by atoms with E-state index in [0.717, 1.165) is 27.8 Å². The highest BCUT2D eigenvalue weighted by Crippen LogP contribution is 2.60. The number of rotatable bonds is 11. The minimum absolute atomic E-state index is 0.0978. The van der Waals surface area contributed by atoms with Gasteiger partial charge < -0.3 is 9.47 Å². The lowest BCUT2D eigenvalue weighted by Crippen LogP contribution is -2.41. The van der Waals surface area contributed by atoms with Crippen molar-refractivity contribution in [2.45, 2.75) is 44.4 Å². The number of hydrogen-bond donors (Lipinski definition) is 0. The van der Waals surface area contributed by atoms with Gasteiger partial charge in [-0.25, -0.2) is 4.79 Å². The van der Waals surface area contributed by atoms with Crippen LogP contribution in [0.3, 0.4) is 0 Å². The molecule has 0 N–H and O–H groups in total. The smallest absolute Gasteiger partial charge is 0.343 e.